The topological polar surface area (TPSA) is 0 Å². The van der Waals surface area contributed by atoms with E-state index < -0.39 is 30.0 Å². The first-order chi connectivity index (χ1) is 6.81. The van der Waals surface area contributed by atoms with E-state index in [0.717, 1.165) is 5.73 Å². The highest BCUT2D eigenvalue weighted by molar-refractivity contribution is 5.08. The van der Waals surface area contributed by atoms with Crippen LogP contribution in [-0.4, -0.2) is 23.9 Å². The number of alkyl halides is 9. The molecule has 0 aromatic carbocycles. The summed E-state index contributed by atoms with van der Waals surface area (Å²) in [7, 11) is 0. The largest absolute Gasteiger partial charge is 0.460 e. The number of rotatable bonds is 3. The van der Waals surface area contributed by atoms with Gasteiger partial charge in [-0.15, -0.1) is 5.73 Å². The van der Waals surface area contributed by atoms with Crippen LogP contribution in [0.4, 0.5) is 39.5 Å². The average Bonchev–Trinajstić information content (AvgIpc) is 2.01. The van der Waals surface area contributed by atoms with Gasteiger partial charge in [-0.05, 0) is 0 Å². The molecule has 94 valence electrons. The minimum absolute atomic E-state index is 0.952. The summed E-state index contributed by atoms with van der Waals surface area (Å²) >= 11 is 0. The first-order valence-corrected chi connectivity index (χ1v) is 3.38. The lowest BCUT2D eigenvalue weighted by atomic mass is 10.0. The first-order valence-electron chi connectivity index (χ1n) is 3.38. The second kappa shape index (κ2) is 3.73. The van der Waals surface area contributed by atoms with Crippen molar-refractivity contribution in [3.05, 3.63) is 18.4 Å². The van der Waals surface area contributed by atoms with Crippen molar-refractivity contribution < 1.29 is 39.5 Å². The van der Waals surface area contributed by atoms with Crippen molar-refractivity contribution in [2.24, 2.45) is 0 Å². The maximum atomic E-state index is 12.3. The van der Waals surface area contributed by atoms with Crippen LogP contribution in [0.25, 0.3) is 0 Å². The van der Waals surface area contributed by atoms with Gasteiger partial charge in [-0.2, -0.15) is 39.5 Å². The van der Waals surface area contributed by atoms with Crippen molar-refractivity contribution in [3.8, 4) is 0 Å². The lowest BCUT2D eigenvalue weighted by Crippen LogP contribution is -2.60. The molecule has 0 saturated carbocycles. The highest BCUT2D eigenvalue weighted by atomic mass is 19.4. The number of hydrogen-bond donors (Lipinski definition) is 0. The molecule has 0 aliphatic carbocycles. The SMILES string of the molecule is C=C=CC(F)(F)C(F)(F)C(F)(F)C(F)(F)F. The summed E-state index contributed by atoms with van der Waals surface area (Å²) in [6.45, 7) is 2.38. The second-order valence-corrected chi connectivity index (χ2v) is 2.62. The Bertz CT molecular complexity index is 304. The molecule has 9 heteroatoms. The Kier molecular flexibility index (Phi) is 3.47. The summed E-state index contributed by atoms with van der Waals surface area (Å²) in [4.78, 5) is 0. The zero-order valence-corrected chi connectivity index (χ0v) is 7.19. The molecule has 0 aromatic rings. The summed E-state index contributed by atoms with van der Waals surface area (Å²) in [5.41, 5.74) is 1.03. The van der Waals surface area contributed by atoms with Crippen LogP contribution in [0.3, 0.4) is 0 Å². The van der Waals surface area contributed by atoms with Crippen LogP contribution in [-0.2, 0) is 0 Å². The molecule has 16 heavy (non-hydrogen) atoms. The van der Waals surface area contributed by atoms with Gasteiger partial charge in [-0.25, -0.2) is 0 Å². The summed E-state index contributed by atoms with van der Waals surface area (Å²) in [6, 6.07) is 0. The fraction of sp³-hybridized carbons (Fsp3) is 0.571. The van der Waals surface area contributed by atoms with Gasteiger partial charge in [0.1, 0.15) is 0 Å². The van der Waals surface area contributed by atoms with Gasteiger partial charge >= 0.3 is 23.9 Å². The second-order valence-electron chi connectivity index (χ2n) is 2.62. The summed E-state index contributed by atoms with van der Waals surface area (Å²) < 4.78 is 108. The third kappa shape index (κ3) is 2.04. The van der Waals surface area contributed by atoms with Crippen LogP contribution < -0.4 is 0 Å². The van der Waals surface area contributed by atoms with Crippen LogP contribution in [0.5, 0.6) is 0 Å². The number of allylic oxidation sites excluding steroid dienone is 1. The minimum atomic E-state index is -6.86. The molecule has 0 amide bonds. The highest BCUT2D eigenvalue weighted by Gasteiger charge is 2.81. The predicted molar refractivity (Wildman–Crippen MR) is 34.6 cm³/mol. The van der Waals surface area contributed by atoms with Crippen molar-refractivity contribution in [2.75, 3.05) is 0 Å². The van der Waals surface area contributed by atoms with Crippen molar-refractivity contribution in [1.82, 2.24) is 0 Å². The highest BCUT2D eigenvalue weighted by Crippen LogP contribution is 2.53. The number of hydrogen-bond acceptors (Lipinski definition) is 0. The molecule has 0 fully saturated rings. The van der Waals surface area contributed by atoms with E-state index in [2.05, 4.69) is 6.58 Å². The van der Waals surface area contributed by atoms with E-state index in [1.54, 1.807) is 0 Å². The van der Waals surface area contributed by atoms with Crippen molar-refractivity contribution >= 4 is 0 Å². The van der Waals surface area contributed by atoms with Gasteiger partial charge in [0.25, 0.3) is 0 Å². The Morgan fingerprint density at radius 3 is 1.38 bits per heavy atom. The molecule has 0 N–H and O–H groups in total. The third-order valence-electron chi connectivity index (χ3n) is 1.45. The van der Waals surface area contributed by atoms with Crippen molar-refractivity contribution in [2.45, 2.75) is 23.9 Å². The maximum absolute atomic E-state index is 12.3. The van der Waals surface area contributed by atoms with E-state index in [-0.39, 0.29) is 0 Å². The van der Waals surface area contributed by atoms with Crippen LogP contribution in [0, 0.1) is 0 Å². The zero-order chi connectivity index (χ0) is 13.4. The standard InChI is InChI=1S/C7H3F9/c1-2-3-4(8,9)5(10,11)6(12,13)7(14,15)16/h3H,1H2. The monoisotopic (exact) mass is 258 g/mol. The van der Waals surface area contributed by atoms with E-state index in [4.69, 9.17) is 0 Å². The van der Waals surface area contributed by atoms with E-state index in [9.17, 15) is 39.5 Å². The Hall–Kier alpha value is -1.11. The summed E-state index contributed by atoms with van der Waals surface area (Å²) in [5, 5.41) is 0. The predicted octanol–water partition coefficient (Wildman–Crippen LogP) is 3.80. The van der Waals surface area contributed by atoms with Crippen molar-refractivity contribution in [1.29, 1.82) is 0 Å². The van der Waals surface area contributed by atoms with Crippen LogP contribution >= 0.6 is 0 Å². The van der Waals surface area contributed by atoms with Gasteiger partial charge in [-0.3, -0.25) is 0 Å². The van der Waals surface area contributed by atoms with E-state index in [1.807, 2.05) is 0 Å². The molecule has 0 aliphatic heterocycles. The molecule has 0 unspecified atom stereocenters. The molecule has 0 aromatic heterocycles. The smallest absolute Gasteiger partial charge is 0.194 e. The lowest BCUT2D eigenvalue weighted by molar-refractivity contribution is -0.388. The minimum Gasteiger partial charge on any atom is -0.194 e. The van der Waals surface area contributed by atoms with Crippen LogP contribution in [0.15, 0.2) is 18.4 Å². The Morgan fingerprint density at radius 1 is 0.750 bits per heavy atom. The fourth-order valence-corrected chi connectivity index (χ4v) is 0.606. The average molecular weight is 258 g/mol. The molecular formula is C7H3F9. The molecule has 0 bridgehead atoms. The first kappa shape index (κ1) is 14.9. The van der Waals surface area contributed by atoms with Crippen molar-refractivity contribution in [3.63, 3.8) is 0 Å². The van der Waals surface area contributed by atoms with E-state index in [1.165, 1.54) is 0 Å². The summed E-state index contributed by atoms with van der Waals surface area (Å²) in [6.07, 6.45) is -7.75. The van der Waals surface area contributed by atoms with Gasteiger partial charge in [0.2, 0.25) is 0 Å². The normalized spacial score (nSPS) is 14.6. The van der Waals surface area contributed by atoms with Gasteiger partial charge in [0.15, 0.2) is 0 Å². The van der Waals surface area contributed by atoms with E-state index >= 15 is 0 Å². The molecular weight excluding hydrogens is 255 g/mol. The molecule has 0 spiro atoms. The molecule has 0 aliphatic rings. The van der Waals surface area contributed by atoms with Gasteiger partial charge in [0, 0.05) is 6.08 Å². The fourth-order valence-electron chi connectivity index (χ4n) is 0.606. The Morgan fingerprint density at radius 2 is 1.12 bits per heavy atom. The Labute approximate surface area is 83.0 Å². The Balaban J connectivity index is 5.61. The third-order valence-corrected chi connectivity index (χ3v) is 1.45. The molecule has 0 radical (unpaired) electrons. The van der Waals surface area contributed by atoms with Gasteiger partial charge < -0.3 is 0 Å². The maximum Gasteiger partial charge on any atom is 0.460 e. The molecule has 0 heterocycles. The van der Waals surface area contributed by atoms with Gasteiger partial charge in [-0.1, -0.05) is 6.58 Å². The van der Waals surface area contributed by atoms with Crippen LogP contribution in [0.1, 0.15) is 0 Å². The molecule has 0 atom stereocenters. The lowest BCUT2D eigenvalue weighted by Gasteiger charge is -2.31. The number of halogens is 9. The van der Waals surface area contributed by atoms with E-state index in [0.29, 0.717) is 0 Å². The zero-order valence-electron chi connectivity index (χ0n) is 7.19. The molecule has 0 rings (SSSR count). The van der Waals surface area contributed by atoms with Gasteiger partial charge in [0.05, 0.1) is 0 Å². The van der Waals surface area contributed by atoms with Crippen LogP contribution in [0.2, 0.25) is 0 Å². The molecule has 0 saturated heterocycles. The summed E-state index contributed by atoms with van der Waals surface area (Å²) in [5.74, 6) is -19.2. The quantitative estimate of drug-likeness (QED) is 0.533. The molecule has 0 nitrogen and oxygen atoms in total.